The van der Waals surface area contributed by atoms with E-state index in [1.807, 2.05) is 0 Å². The van der Waals surface area contributed by atoms with Gasteiger partial charge in [-0.25, -0.2) is 9.59 Å². The fraction of sp³-hybridized carbons (Fsp3) is 0.409. The summed E-state index contributed by atoms with van der Waals surface area (Å²) in [6.45, 7) is 0. The Morgan fingerprint density at radius 2 is 1.81 bits per heavy atom. The highest BCUT2D eigenvalue weighted by molar-refractivity contribution is 6.04. The van der Waals surface area contributed by atoms with Gasteiger partial charge >= 0.3 is 11.6 Å². The molecule has 0 amide bonds. The summed E-state index contributed by atoms with van der Waals surface area (Å²) >= 11 is 0. The van der Waals surface area contributed by atoms with Crippen molar-refractivity contribution in [3.63, 3.8) is 0 Å². The van der Waals surface area contributed by atoms with Crippen LogP contribution in [0.1, 0.15) is 34.9 Å². The molecule has 0 radical (unpaired) electrons. The van der Waals surface area contributed by atoms with Gasteiger partial charge in [-0.15, -0.1) is 0 Å². The normalized spacial score (nSPS) is 38.1. The summed E-state index contributed by atoms with van der Waals surface area (Å²) < 4.78 is 15.6. The van der Waals surface area contributed by atoms with Crippen LogP contribution in [-0.2, 0) is 9.53 Å². The van der Waals surface area contributed by atoms with Gasteiger partial charge in [-0.2, -0.15) is 0 Å². The predicted molar refractivity (Wildman–Crippen MR) is 102 cm³/mol. The largest absolute Gasteiger partial charge is 0.496 e. The lowest BCUT2D eigenvalue weighted by Gasteiger charge is -2.49. The van der Waals surface area contributed by atoms with E-state index in [2.05, 4.69) is 0 Å². The maximum atomic E-state index is 13.5. The third-order valence-corrected chi connectivity index (χ3v) is 6.84. The summed E-state index contributed by atoms with van der Waals surface area (Å²) in [4.78, 5) is 38.4. The molecule has 3 aliphatic rings. The second-order valence-electron chi connectivity index (χ2n) is 8.43. The Balaban J connectivity index is 1.76. The SMILES string of the molecule is COc1cc(C2C3(O)CC4CC2(O)[C@](O)(C(=O)O4)[C@H]3C(=O)c2ccccc2)oc(=O)c1. The number of hydrogen-bond donors (Lipinski definition) is 3. The Bertz CT molecular complexity index is 1140. The Hall–Kier alpha value is -3.01. The van der Waals surface area contributed by atoms with Crippen molar-refractivity contribution in [3.8, 4) is 5.75 Å². The van der Waals surface area contributed by atoms with E-state index < -0.39 is 52.1 Å². The van der Waals surface area contributed by atoms with Gasteiger partial charge < -0.3 is 29.2 Å². The number of rotatable bonds is 4. The Morgan fingerprint density at radius 3 is 2.48 bits per heavy atom. The van der Waals surface area contributed by atoms with E-state index >= 15 is 0 Å². The Labute approximate surface area is 175 Å². The number of benzene rings is 1. The first-order chi connectivity index (χ1) is 14.6. The molecule has 1 saturated heterocycles. The highest BCUT2D eigenvalue weighted by Crippen LogP contribution is 2.67. The average Bonchev–Trinajstić information content (AvgIpc) is 2.76. The molecule has 1 aromatic carbocycles. The fourth-order valence-corrected chi connectivity index (χ4v) is 5.72. The first-order valence-corrected chi connectivity index (χ1v) is 9.81. The summed E-state index contributed by atoms with van der Waals surface area (Å²) in [6.07, 6.45) is -1.37. The van der Waals surface area contributed by atoms with Crippen molar-refractivity contribution in [2.75, 3.05) is 7.11 Å². The quantitative estimate of drug-likeness (QED) is 0.458. The summed E-state index contributed by atoms with van der Waals surface area (Å²) in [5.74, 6) is -5.19. The highest BCUT2D eigenvalue weighted by Gasteiger charge is 2.85. The molecule has 3 bridgehead atoms. The van der Waals surface area contributed by atoms with Crippen LogP contribution in [0.2, 0.25) is 0 Å². The summed E-state index contributed by atoms with van der Waals surface area (Å²) in [6, 6.07) is 10.2. The van der Waals surface area contributed by atoms with Crippen molar-refractivity contribution in [3.05, 3.63) is 64.2 Å². The van der Waals surface area contributed by atoms with E-state index in [0.29, 0.717) is 0 Å². The van der Waals surface area contributed by atoms with Gasteiger partial charge in [0.25, 0.3) is 0 Å². The summed E-state index contributed by atoms with van der Waals surface area (Å²) in [5.41, 5.74) is -7.84. The zero-order valence-corrected chi connectivity index (χ0v) is 16.5. The van der Waals surface area contributed by atoms with E-state index in [0.717, 1.165) is 6.07 Å². The molecule has 3 fully saturated rings. The van der Waals surface area contributed by atoms with Gasteiger partial charge in [0, 0.05) is 24.5 Å². The first-order valence-electron chi connectivity index (χ1n) is 9.81. The molecule has 0 spiro atoms. The number of esters is 1. The standard InChI is InChI=1S/C22H20O9/c1-29-12-7-14(31-15(23)8-12)17-20(26)9-13-10-21(17,27)22(28,19(25)30-13)18(20)16(24)11-5-3-2-4-6-11/h2-8,13,17-18,26-28H,9-10H2,1H3/t13?,17?,18-,20?,21?,22+/m0/s1. The monoisotopic (exact) mass is 428 g/mol. The highest BCUT2D eigenvalue weighted by atomic mass is 16.6. The number of ketones is 1. The first kappa shape index (κ1) is 19.9. The van der Waals surface area contributed by atoms with E-state index in [9.17, 15) is 29.7 Å². The molecule has 1 aliphatic heterocycles. The summed E-state index contributed by atoms with van der Waals surface area (Å²) in [7, 11) is 1.33. The molecular weight excluding hydrogens is 408 g/mol. The van der Waals surface area contributed by atoms with Gasteiger partial charge in [-0.1, -0.05) is 30.3 Å². The number of fused-ring (bicyclic) bond motifs is 2. The Morgan fingerprint density at radius 1 is 1.10 bits per heavy atom. The van der Waals surface area contributed by atoms with Crippen LogP contribution in [0, 0.1) is 5.92 Å². The second-order valence-corrected chi connectivity index (χ2v) is 8.43. The van der Waals surface area contributed by atoms with E-state index in [-0.39, 0.29) is 29.9 Å². The summed E-state index contributed by atoms with van der Waals surface area (Å²) in [5, 5.41) is 35.1. The number of hydrogen-bond acceptors (Lipinski definition) is 9. The predicted octanol–water partition coefficient (Wildman–Crippen LogP) is 0.157. The average molecular weight is 428 g/mol. The molecule has 31 heavy (non-hydrogen) atoms. The molecule has 9 heteroatoms. The van der Waals surface area contributed by atoms with Crippen molar-refractivity contribution in [1.82, 2.24) is 0 Å². The van der Waals surface area contributed by atoms with Crippen molar-refractivity contribution < 1.29 is 38.8 Å². The minimum atomic E-state index is -2.74. The van der Waals surface area contributed by atoms with Crippen molar-refractivity contribution in [2.45, 2.75) is 41.7 Å². The van der Waals surface area contributed by atoms with Crippen molar-refractivity contribution in [1.29, 1.82) is 0 Å². The van der Waals surface area contributed by atoms with Crippen LogP contribution < -0.4 is 10.4 Å². The van der Waals surface area contributed by atoms with Crippen LogP contribution in [0.3, 0.4) is 0 Å². The van der Waals surface area contributed by atoms with Gasteiger partial charge in [0.15, 0.2) is 5.78 Å². The third kappa shape index (κ3) is 2.39. The molecule has 6 atom stereocenters. The third-order valence-electron chi connectivity index (χ3n) is 6.84. The molecule has 4 unspecified atom stereocenters. The molecule has 9 nitrogen and oxygen atoms in total. The van der Waals surface area contributed by atoms with Crippen LogP contribution in [0.15, 0.2) is 51.7 Å². The van der Waals surface area contributed by atoms with Crippen LogP contribution in [0.25, 0.3) is 0 Å². The lowest BCUT2D eigenvalue weighted by Crippen LogP contribution is -2.67. The lowest BCUT2D eigenvalue weighted by molar-refractivity contribution is -0.234. The number of Topliss-reactive ketones (excluding diaryl/α,β-unsaturated/α-hetero) is 1. The van der Waals surface area contributed by atoms with Crippen LogP contribution >= 0.6 is 0 Å². The molecule has 2 saturated carbocycles. The molecule has 3 N–H and O–H groups in total. The number of methoxy groups -OCH3 is 1. The molecule has 162 valence electrons. The lowest BCUT2D eigenvalue weighted by atomic mass is 9.67. The van der Waals surface area contributed by atoms with Crippen molar-refractivity contribution in [2.24, 2.45) is 5.92 Å². The van der Waals surface area contributed by atoms with E-state index in [4.69, 9.17) is 13.9 Å². The molecule has 5 rings (SSSR count). The zero-order chi connectivity index (χ0) is 22.2. The van der Waals surface area contributed by atoms with Crippen LogP contribution in [-0.4, -0.2) is 57.1 Å². The minimum absolute atomic E-state index is 0.106. The van der Waals surface area contributed by atoms with E-state index in [1.165, 1.54) is 25.3 Å². The van der Waals surface area contributed by atoms with Gasteiger partial charge in [0.1, 0.15) is 23.2 Å². The fourth-order valence-electron chi connectivity index (χ4n) is 5.72. The van der Waals surface area contributed by atoms with Crippen molar-refractivity contribution >= 4 is 11.8 Å². The number of carbonyl (C=O) groups excluding carboxylic acids is 2. The molecule has 2 heterocycles. The topological polar surface area (TPSA) is 144 Å². The van der Waals surface area contributed by atoms with Crippen LogP contribution in [0.4, 0.5) is 0 Å². The minimum Gasteiger partial charge on any atom is -0.496 e. The molecule has 1 aromatic heterocycles. The van der Waals surface area contributed by atoms with Gasteiger partial charge in [0.05, 0.1) is 30.6 Å². The molecule has 2 aliphatic carbocycles. The maximum Gasteiger partial charge on any atom is 0.342 e. The Kier molecular flexibility index (Phi) is 4.02. The van der Waals surface area contributed by atoms with Gasteiger partial charge in [-0.05, 0) is 0 Å². The van der Waals surface area contributed by atoms with Gasteiger partial charge in [-0.3, -0.25) is 4.79 Å². The zero-order valence-electron chi connectivity index (χ0n) is 16.5. The second kappa shape index (κ2) is 6.25. The maximum absolute atomic E-state index is 13.5. The van der Waals surface area contributed by atoms with Crippen LogP contribution in [0.5, 0.6) is 5.75 Å². The molecular formula is C22H20O9. The van der Waals surface area contributed by atoms with E-state index in [1.54, 1.807) is 18.2 Å². The number of aliphatic hydroxyl groups is 3. The molecule has 2 aromatic rings. The number of carbonyl (C=O) groups is 2. The van der Waals surface area contributed by atoms with Gasteiger partial charge in [0.2, 0.25) is 5.60 Å². The number of ether oxygens (including phenoxy) is 2. The smallest absolute Gasteiger partial charge is 0.342 e.